The Morgan fingerprint density at radius 2 is 1.82 bits per heavy atom. The smallest absolute Gasteiger partial charge is 0.166 e. The highest BCUT2D eigenvalue weighted by atomic mass is 32.2. The first-order valence-electron chi connectivity index (χ1n) is 7.54. The Morgan fingerprint density at radius 3 is 2.45 bits per heavy atom. The predicted molar refractivity (Wildman–Crippen MR) is 79.8 cm³/mol. The number of hydrogen-bond donors (Lipinski definition) is 0. The van der Waals surface area contributed by atoms with Crippen molar-refractivity contribution in [3.8, 4) is 0 Å². The SMILES string of the molecule is Cc1ccc(S(=O)[C@@H]2O[C@@H]([C@H]3COC(C)(C)O3)[C@H]3O[C@H]32)cc1. The molecule has 0 spiro atoms. The van der Waals surface area contributed by atoms with E-state index in [1.54, 1.807) is 0 Å². The van der Waals surface area contributed by atoms with Crippen LogP contribution in [-0.4, -0.2) is 46.5 Å². The lowest BCUT2D eigenvalue weighted by molar-refractivity contribution is -0.159. The topological polar surface area (TPSA) is 57.3 Å². The van der Waals surface area contributed by atoms with Gasteiger partial charge in [0.15, 0.2) is 11.2 Å². The molecule has 6 atom stereocenters. The minimum atomic E-state index is -1.24. The maximum absolute atomic E-state index is 12.7. The first-order valence-corrected chi connectivity index (χ1v) is 8.76. The van der Waals surface area contributed by atoms with Gasteiger partial charge in [-0.1, -0.05) is 17.7 Å². The molecule has 22 heavy (non-hydrogen) atoms. The third-order valence-electron chi connectivity index (χ3n) is 4.31. The highest BCUT2D eigenvalue weighted by Gasteiger charge is 2.63. The number of ether oxygens (including phenoxy) is 4. The molecule has 1 aromatic rings. The molecule has 3 heterocycles. The normalized spacial score (nSPS) is 40.4. The number of epoxide rings is 1. The zero-order valence-electron chi connectivity index (χ0n) is 12.9. The fraction of sp³-hybridized carbons (Fsp3) is 0.625. The van der Waals surface area contributed by atoms with Crippen molar-refractivity contribution in [3.05, 3.63) is 29.8 Å². The van der Waals surface area contributed by atoms with Crippen molar-refractivity contribution in [2.24, 2.45) is 0 Å². The molecule has 0 aromatic heterocycles. The van der Waals surface area contributed by atoms with Gasteiger partial charge in [0.25, 0.3) is 0 Å². The van der Waals surface area contributed by atoms with Crippen LogP contribution in [0.2, 0.25) is 0 Å². The molecule has 1 unspecified atom stereocenters. The van der Waals surface area contributed by atoms with Crippen molar-refractivity contribution in [2.75, 3.05) is 6.61 Å². The second-order valence-corrected chi connectivity index (χ2v) is 8.04. The Bertz CT molecular complexity index is 599. The molecule has 0 N–H and O–H groups in total. The average Bonchev–Trinajstić information content (AvgIpc) is 3.05. The Labute approximate surface area is 132 Å². The van der Waals surface area contributed by atoms with E-state index in [-0.39, 0.29) is 24.4 Å². The number of aryl methyl sites for hydroxylation is 1. The van der Waals surface area contributed by atoms with Crippen LogP contribution >= 0.6 is 0 Å². The molecule has 0 aliphatic carbocycles. The molecule has 4 rings (SSSR count). The third-order valence-corrected chi connectivity index (χ3v) is 5.84. The summed E-state index contributed by atoms with van der Waals surface area (Å²) in [4.78, 5) is 0.773. The first-order chi connectivity index (χ1) is 10.4. The molecule has 5 nitrogen and oxygen atoms in total. The van der Waals surface area contributed by atoms with E-state index in [0.717, 1.165) is 10.5 Å². The standard InChI is InChI=1S/C16H20O5S/c1-9-4-6-10(7-5-9)22(17)15-14-13(19-14)12(20-15)11-8-18-16(2,3)21-11/h4-7,11-15H,8H2,1-3H3/t11-,12+,13-,14-,15+,22?/m1/s1. The molecular formula is C16H20O5S. The lowest BCUT2D eigenvalue weighted by atomic mass is 10.1. The van der Waals surface area contributed by atoms with Crippen LogP contribution in [-0.2, 0) is 29.7 Å². The fourth-order valence-corrected chi connectivity index (χ4v) is 4.45. The van der Waals surface area contributed by atoms with E-state index in [1.807, 2.05) is 45.0 Å². The summed E-state index contributed by atoms with van der Waals surface area (Å²) in [6, 6.07) is 7.69. The van der Waals surface area contributed by atoms with Crippen LogP contribution in [0.5, 0.6) is 0 Å². The molecule has 120 valence electrons. The van der Waals surface area contributed by atoms with E-state index in [0.29, 0.717) is 6.61 Å². The van der Waals surface area contributed by atoms with Crippen molar-refractivity contribution in [1.29, 1.82) is 0 Å². The molecular weight excluding hydrogens is 304 g/mol. The molecule has 3 aliphatic rings. The van der Waals surface area contributed by atoms with Gasteiger partial charge in [-0.15, -0.1) is 0 Å². The second kappa shape index (κ2) is 5.11. The Morgan fingerprint density at radius 1 is 1.09 bits per heavy atom. The van der Waals surface area contributed by atoms with Crippen LogP contribution < -0.4 is 0 Å². The van der Waals surface area contributed by atoms with Gasteiger partial charge in [0.05, 0.1) is 17.4 Å². The van der Waals surface area contributed by atoms with E-state index in [4.69, 9.17) is 18.9 Å². The van der Waals surface area contributed by atoms with Crippen LogP contribution in [0, 0.1) is 6.92 Å². The zero-order valence-corrected chi connectivity index (χ0v) is 13.7. The van der Waals surface area contributed by atoms with Gasteiger partial charge < -0.3 is 18.9 Å². The molecule has 0 saturated carbocycles. The Balaban J connectivity index is 1.47. The van der Waals surface area contributed by atoms with E-state index in [9.17, 15) is 4.21 Å². The van der Waals surface area contributed by atoms with Crippen LogP contribution in [0.3, 0.4) is 0 Å². The van der Waals surface area contributed by atoms with Gasteiger partial charge in [-0.3, -0.25) is 4.21 Å². The first kappa shape index (κ1) is 14.8. The zero-order chi connectivity index (χ0) is 15.5. The predicted octanol–water partition coefficient (Wildman–Crippen LogP) is 1.75. The molecule has 0 radical (unpaired) electrons. The Kier molecular flexibility index (Phi) is 3.43. The molecule has 6 heteroatoms. The van der Waals surface area contributed by atoms with E-state index < -0.39 is 22.0 Å². The highest BCUT2D eigenvalue weighted by molar-refractivity contribution is 7.85. The minimum absolute atomic E-state index is 0.0260. The van der Waals surface area contributed by atoms with Gasteiger partial charge in [0, 0.05) is 4.90 Å². The maximum Gasteiger partial charge on any atom is 0.166 e. The summed E-state index contributed by atoms with van der Waals surface area (Å²) in [7, 11) is -1.24. The van der Waals surface area contributed by atoms with Gasteiger partial charge in [0.1, 0.15) is 24.4 Å². The Hall–Kier alpha value is -0.790. The van der Waals surface area contributed by atoms with Crippen LogP contribution in [0.25, 0.3) is 0 Å². The number of fused-ring (bicyclic) bond motifs is 1. The third kappa shape index (κ3) is 2.53. The maximum atomic E-state index is 12.7. The van der Waals surface area contributed by atoms with Crippen molar-refractivity contribution in [3.63, 3.8) is 0 Å². The molecule has 3 aliphatic heterocycles. The summed E-state index contributed by atoms with van der Waals surface area (Å²) in [5, 5.41) is 0. The van der Waals surface area contributed by atoms with Crippen LogP contribution in [0.1, 0.15) is 19.4 Å². The van der Waals surface area contributed by atoms with Gasteiger partial charge in [-0.25, -0.2) is 0 Å². The molecule has 3 fully saturated rings. The van der Waals surface area contributed by atoms with Crippen molar-refractivity contribution in [1.82, 2.24) is 0 Å². The van der Waals surface area contributed by atoms with Crippen molar-refractivity contribution in [2.45, 2.75) is 61.3 Å². The number of rotatable bonds is 3. The largest absolute Gasteiger partial charge is 0.363 e. The molecule has 0 amide bonds. The monoisotopic (exact) mass is 324 g/mol. The summed E-state index contributed by atoms with van der Waals surface area (Å²) in [6.45, 7) is 6.26. The quantitative estimate of drug-likeness (QED) is 0.793. The lowest BCUT2D eigenvalue weighted by Crippen LogP contribution is -2.36. The van der Waals surface area contributed by atoms with Crippen LogP contribution in [0.15, 0.2) is 29.2 Å². The molecule has 0 bridgehead atoms. The van der Waals surface area contributed by atoms with Crippen LogP contribution in [0.4, 0.5) is 0 Å². The van der Waals surface area contributed by atoms with Crippen molar-refractivity contribution >= 4 is 10.8 Å². The summed E-state index contributed by atoms with van der Waals surface area (Å²) in [6.07, 6.45) is -0.488. The van der Waals surface area contributed by atoms with Gasteiger partial charge in [-0.2, -0.15) is 0 Å². The lowest BCUT2D eigenvalue weighted by Gasteiger charge is -2.23. The molecule has 1 aromatic carbocycles. The van der Waals surface area contributed by atoms with Gasteiger partial charge >= 0.3 is 0 Å². The van der Waals surface area contributed by atoms with Gasteiger partial charge in [0.2, 0.25) is 0 Å². The summed E-state index contributed by atoms with van der Waals surface area (Å²) < 4.78 is 35.9. The van der Waals surface area contributed by atoms with E-state index in [2.05, 4.69) is 0 Å². The second-order valence-electron chi connectivity index (χ2n) is 6.51. The fourth-order valence-electron chi connectivity index (χ4n) is 3.08. The number of hydrogen-bond acceptors (Lipinski definition) is 5. The summed E-state index contributed by atoms with van der Waals surface area (Å²) in [5.41, 5.74) is 0.718. The van der Waals surface area contributed by atoms with E-state index in [1.165, 1.54) is 0 Å². The summed E-state index contributed by atoms with van der Waals surface area (Å²) in [5.74, 6) is -0.591. The summed E-state index contributed by atoms with van der Waals surface area (Å²) >= 11 is 0. The van der Waals surface area contributed by atoms with Gasteiger partial charge in [-0.05, 0) is 32.9 Å². The average molecular weight is 324 g/mol. The van der Waals surface area contributed by atoms with E-state index >= 15 is 0 Å². The minimum Gasteiger partial charge on any atom is -0.363 e. The highest BCUT2D eigenvalue weighted by Crippen LogP contribution is 2.45. The molecule has 3 saturated heterocycles. The van der Waals surface area contributed by atoms with Crippen molar-refractivity contribution < 1.29 is 23.2 Å². The number of benzene rings is 1.